The second kappa shape index (κ2) is 6.39. The van der Waals surface area contributed by atoms with Crippen molar-refractivity contribution < 1.29 is 9.53 Å². The maximum Gasteiger partial charge on any atom is 0.234 e. The number of ether oxygens (including phenoxy) is 1. The van der Waals surface area contributed by atoms with Crippen molar-refractivity contribution in [3.8, 4) is 5.75 Å². The zero-order chi connectivity index (χ0) is 15.5. The molecule has 116 valence electrons. The number of benzene rings is 1. The van der Waals surface area contributed by atoms with Gasteiger partial charge in [-0.3, -0.25) is 4.79 Å². The molecule has 7 heteroatoms. The molecular formula is C15H18N4O2S. The zero-order valence-corrected chi connectivity index (χ0v) is 13.4. The fraction of sp³-hybridized carbons (Fsp3) is 0.400. The minimum absolute atomic E-state index is 0.0683. The van der Waals surface area contributed by atoms with Crippen LogP contribution in [0.5, 0.6) is 5.75 Å². The van der Waals surface area contributed by atoms with Crippen molar-refractivity contribution in [3.05, 3.63) is 30.1 Å². The number of hydrogen-bond acceptors (Lipinski definition) is 5. The number of nitrogens with one attached hydrogen (secondary N) is 1. The number of amides is 1. The third kappa shape index (κ3) is 3.41. The highest BCUT2D eigenvalue weighted by Crippen LogP contribution is 2.38. The Balaban J connectivity index is 1.58. The SMILES string of the molecule is COc1cccc(NC(=O)CSc2nnc(C)n2C2CC2)c1. The average molecular weight is 318 g/mol. The van der Waals surface area contributed by atoms with Gasteiger partial charge in [0.2, 0.25) is 5.91 Å². The monoisotopic (exact) mass is 318 g/mol. The molecule has 6 nitrogen and oxygen atoms in total. The quantitative estimate of drug-likeness (QED) is 0.829. The van der Waals surface area contributed by atoms with Crippen molar-refractivity contribution in [2.75, 3.05) is 18.2 Å². The smallest absolute Gasteiger partial charge is 0.234 e. The van der Waals surface area contributed by atoms with Crippen LogP contribution in [0, 0.1) is 6.92 Å². The average Bonchev–Trinajstić information content (AvgIpc) is 3.28. The van der Waals surface area contributed by atoms with Gasteiger partial charge in [0, 0.05) is 17.8 Å². The van der Waals surface area contributed by atoms with E-state index in [2.05, 4.69) is 20.1 Å². The number of carbonyl (C=O) groups excluding carboxylic acids is 1. The highest BCUT2D eigenvalue weighted by atomic mass is 32.2. The normalized spacial score (nSPS) is 13.9. The molecule has 0 spiro atoms. The standard InChI is InChI=1S/C15H18N4O2S/c1-10-17-18-15(19(10)12-6-7-12)22-9-14(20)16-11-4-3-5-13(8-11)21-2/h3-5,8,12H,6-7,9H2,1-2H3,(H,16,20). The summed E-state index contributed by atoms with van der Waals surface area (Å²) in [7, 11) is 1.60. The largest absolute Gasteiger partial charge is 0.497 e. The molecule has 1 fully saturated rings. The highest BCUT2D eigenvalue weighted by molar-refractivity contribution is 7.99. The predicted molar refractivity (Wildman–Crippen MR) is 85.4 cm³/mol. The van der Waals surface area contributed by atoms with Crippen molar-refractivity contribution in [3.63, 3.8) is 0 Å². The molecule has 22 heavy (non-hydrogen) atoms. The van der Waals surface area contributed by atoms with Gasteiger partial charge in [-0.1, -0.05) is 17.8 Å². The van der Waals surface area contributed by atoms with Gasteiger partial charge in [0.15, 0.2) is 5.16 Å². The van der Waals surface area contributed by atoms with Gasteiger partial charge in [0.05, 0.1) is 12.9 Å². The molecule has 1 amide bonds. The van der Waals surface area contributed by atoms with Gasteiger partial charge in [-0.25, -0.2) is 0 Å². The molecule has 1 aromatic carbocycles. The lowest BCUT2D eigenvalue weighted by atomic mass is 10.3. The van der Waals surface area contributed by atoms with Gasteiger partial charge in [-0.15, -0.1) is 10.2 Å². The van der Waals surface area contributed by atoms with Crippen LogP contribution >= 0.6 is 11.8 Å². The molecule has 1 heterocycles. The topological polar surface area (TPSA) is 69.0 Å². The second-order valence-corrected chi connectivity index (χ2v) is 6.14. The fourth-order valence-corrected chi connectivity index (χ4v) is 3.08. The van der Waals surface area contributed by atoms with E-state index in [1.54, 1.807) is 13.2 Å². The summed E-state index contributed by atoms with van der Waals surface area (Å²) in [5.41, 5.74) is 0.727. The first-order valence-electron chi connectivity index (χ1n) is 7.15. The lowest BCUT2D eigenvalue weighted by molar-refractivity contribution is -0.113. The summed E-state index contributed by atoms with van der Waals surface area (Å²) in [6, 6.07) is 7.82. The molecule has 0 bridgehead atoms. The van der Waals surface area contributed by atoms with Crippen LogP contribution in [0.4, 0.5) is 5.69 Å². The summed E-state index contributed by atoms with van der Waals surface area (Å²) >= 11 is 1.42. The van der Waals surface area contributed by atoms with Gasteiger partial charge in [-0.2, -0.15) is 0 Å². The van der Waals surface area contributed by atoms with E-state index >= 15 is 0 Å². The fourth-order valence-electron chi connectivity index (χ4n) is 2.23. The van der Waals surface area contributed by atoms with Crippen LogP contribution in [-0.4, -0.2) is 33.5 Å². The predicted octanol–water partition coefficient (Wildman–Crippen LogP) is 2.66. The molecule has 1 saturated carbocycles. The van der Waals surface area contributed by atoms with Crippen LogP contribution in [-0.2, 0) is 4.79 Å². The molecule has 2 aromatic rings. The van der Waals surface area contributed by atoms with E-state index in [-0.39, 0.29) is 5.91 Å². The van der Waals surface area contributed by atoms with Crippen molar-refractivity contribution in [1.29, 1.82) is 0 Å². The van der Waals surface area contributed by atoms with Crippen LogP contribution in [0.3, 0.4) is 0 Å². The second-order valence-electron chi connectivity index (χ2n) is 5.20. The Labute approximate surface area is 133 Å². The number of methoxy groups -OCH3 is 1. The molecule has 0 radical (unpaired) electrons. The van der Waals surface area contributed by atoms with E-state index in [0.717, 1.165) is 22.4 Å². The number of carbonyl (C=O) groups is 1. The molecule has 1 aromatic heterocycles. The highest BCUT2D eigenvalue weighted by Gasteiger charge is 2.28. The first-order chi connectivity index (χ1) is 10.7. The maximum absolute atomic E-state index is 12.1. The Bertz CT molecular complexity index is 682. The van der Waals surface area contributed by atoms with Gasteiger partial charge < -0.3 is 14.6 Å². The number of aromatic nitrogens is 3. The molecule has 1 aliphatic carbocycles. The summed E-state index contributed by atoms with van der Waals surface area (Å²) in [5, 5.41) is 11.9. The summed E-state index contributed by atoms with van der Waals surface area (Å²) in [6.45, 7) is 1.95. The van der Waals surface area contributed by atoms with E-state index < -0.39 is 0 Å². The van der Waals surface area contributed by atoms with Crippen molar-refractivity contribution in [2.24, 2.45) is 0 Å². The molecule has 1 N–H and O–H groups in total. The number of anilines is 1. The Morgan fingerprint density at radius 1 is 1.45 bits per heavy atom. The van der Waals surface area contributed by atoms with Crippen LogP contribution < -0.4 is 10.1 Å². The molecule has 1 aliphatic rings. The van der Waals surface area contributed by atoms with E-state index in [4.69, 9.17) is 4.74 Å². The Hall–Kier alpha value is -2.02. The number of nitrogens with zero attached hydrogens (tertiary/aromatic N) is 3. The van der Waals surface area contributed by atoms with Crippen molar-refractivity contribution >= 4 is 23.4 Å². The van der Waals surface area contributed by atoms with Crippen LogP contribution in [0.15, 0.2) is 29.4 Å². The minimum atomic E-state index is -0.0683. The van der Waals surface area contributed by atoms with E-state index in [1.807, 2.05) is 25.1 Å². The van der Waals surface area contributed by atoms with E-state index in [9.17, 15) is 4.79 Å². The maximum atomic E-state index is 12.1. The summed E-state index contributed by atoms with van der Waals surface area (Å²) in [6.07, 6.45) is 2.34. The number of hydrogen-bond donors (Lipinski definition) is 1. The zero-order valence-electron chi connectivity index (χ0n) is 12.6. The molecule has 3 rings (SSSR count). The summed E-state index contributed by atoms with van der Waals surface area (Å²) < 4.78 is 7.27. The minimum Gasteiger partial charge on any atom is -0.497 e. The Kier molecular flexibility index (Phi) is 4.33. The third-order valence-electron chi connectivity index (χ3n) is 3.43. The van der Waals surface area contributed by atoms with Crippen molar-refractivity contribution in [2.45, 2.75) is 31.0 Å². The van der Waals surface area contributed by atoms with Gasteiger partial charge in [0.1, 0.15) is 11.6 Å². The summed E-state index contributed by atoms with van der Waals surface area (Å²) in [4.78, 5) is 12.1. The Morgan fingerprint density at radius 2 is 2.27 bits per heavy atom. The first-order valence-corrected chi connectivity index (χ1v) is 8.14. The van der Waals surface area contributed by atoms with E-state index in [1.165, 1.54) is 24.6 Å². The lowest BCUT2D eigenvalue weighted by Crippen LogP contribution is -2.14. The van der Waals surface area contributed by atoms with Crippen LogP contribution in [0.2, 0.25) is 0 Å². The first kappa shape index (κ1) is 14.9. The molecule has 0 atom stereocenters. The third-order valence-corrected chi connectivity index (χ3v) is 4.38. The number of aryl methyl sites for hydroxylation is 1. The number of thioether (sulfide) groups is 1. The molecule has 0 aliphatic heterocycles. The molecular weight excluding hydrogens is 300 g/mol. The molecule has 0 saturated heterocycles. The van der Waals surface area contributed by atoms with Crippen molar-refractivity contribution in [1.82, 2.24) is 14.8 Å². The van der Waals surface area contributed by atoms with Gasteiger partial charge in [0.25, 0.3) is 0 Å². The van der Waals surface area contributed by atoms with Gasteiger partial charge in [-0.05, 0) is 31.9 Å². The molecule has 0 unspecified atom stereocenters. The van der Waals surface area contributed by atoms with Crippen LogP contribution in [0.1, 0.15) is 24.7 Å². The van der Waals surface area contributed by atoms with Gasteiger partial charge >= 0.3 is 0 Å². The van der Waals surface area contributed by atoms with E-state index in [0.29, 0.717) is 11.8 Å². The Morgan fingerprint density at radius 3 is 3.00 bits per heavy atom. The number of rotatable bonds is 6. The summed E-state index contributed by atoms with van der Waals surface area (Å²) in [5.74, 6) is 1.87. The lowest BCUT2D eigenvalue weighted by Gasteiger charge is -2.08. The van der Waals surface area contributed by atoms with Crippen LogP contribution in [0.25, 0.3) is 0 Å².